The Bertz CT molecular complexity index is 578. The highest BCUT2D eigenvalue weighted by Gasteiger charge is 2.39. The summed E-state index contributed by atoms with van der Waals surface area (Å²) in [6, 6.07) is 5.44. The van der Waals surface area contributed by atoms with Crippen molar-refractivity contribution in [2.75, 3.05) is 13.2 Å². The standard InChI is InChI=1S/C16H19NO4/c18-14(19)9-16(5-1-6-16)10-17-15(20)12-2-3-13-11(8-12)4-7-21-13/h2-3,8H,1,4-7,9-10H2,(H,17,20)(H,18,19). The summed E-state index contributed by atoms with van der Waals surface area (Å²) in [6.45, 7) is 1.11. The number of benzene rings is 1. The molecule has 0 unspecified atom stereocenters. The van der Waals surface area contributed by atoms with Gasteiger partial charge in [0.15, 0.2) is 0 Å². The zero-order valence-electron chi connectivity index (χ0n) is 11.9. The van der Waals surface area contributed by atoms with Crippen LogP contribution in [-0.2, 0) is 11.2 Å². The molecule has 2 N–H and O–H groups in total. The Morgan fingerprint density at radius 3 is 2.81 bits per heavy atom. The van der Waals surface area contributed by atoms with Crippen molar-refractivity contribution in [3.63, 3.8) is 0 Å². The zero-order valence-corrected chi connectivity index (χ0v) is 11.9. The number of rotatable bonds is 5. The van der Waals surface area contributed by atoms with Crippen molar-refractivity contribution in [3.05, 3.63) is 29.3 Å². The minimum absolute atomic E-state index is 0.130. The van der Waals surface area contributed by atoms with Gasteiger partial charge in [-0.15, -0.1) is 0 Å². The molecule has 112 valence electrons. The van der Waals surface area contributed by atoms with E-state index in [1.54, 1.807) is 6.07 Å². The van der Waals surface area contributed by atoms with E-state index in [4.69, 9.17) is 9.84 Å². The summed E-state index contributed by atoms with van der Waals surface area (Å²) in [5, 5.41) is 11.9. The van der Waals surface area contributed by atoms with Crippen LogP contribution in [0.2, 0.25) is 0 Å². The summed E-state index contributed by atoms with van der Waals surface area (Å²) >= 11 is 0. The zero-order chi connectivity index (χ0) is 14.9. The lowest BCUT2D eigenvalue weighted by Gasteiger charge is -2.40. The molecule has 0 saturated heterocycles. The van der Waals surface area contributed by atoms with Gasteiger partial charge in [-0.05, 0) is 42.0 Å². The maximum atomic E-state index is 12.2. The van der Waals surface area contributed by atoms with E-state index in [2.05, 4.69) is 5.32 Å². The van der Waals surface area contributed by atoms with Gasteiger partial charge in [-0.2, -0.15) is 0 Å². The summed E-state index contributed by atoms with van der Waals surface area (Å²) in [4.78, 5) is 23.1. The molecule has 0 bridgehead atoms. The number of aliphatic carboxylic acids is 1. The number of carboxylic acids is 1. The van der Waals surface area contributed by atoms with Gasteiger partial charge in [-0.25, -0.2) is 0 Å². The third kappa shape index (κ3) is 2.86. The number of amides is 1. The number of nitrogens with one attached hydrogen (secondary N) is 1. The van der Waals surface area contributed by atoms with Gasteiger partial charge in [-0.3, -0.25) is 9.59 Å². The van der Waals surface area contributed by atoms with E-state index in [-0.39, 0.29) is 17.7 Å². The molecule has 0 aromatic heterocycles. The Kier molecular flexibility index (Phi) is 3.57. The predicted molar refractivity (Wildman–Crippen MR) is 76.5 cm³/mol. The SMILES string of the molecule is O=C(O)CC1(CNC(=O)c2ccc3c(c2)CCO3)CCC1. The number of ether oxygens (including phenoxy) is 1. The van der Waals surface area contributed by atoms with Gasteiger partial charge in [-0.1, -0.05) is 6.42 Å². The topological polar surface area (TPSA) is 75.6 Å². The maximum Gasteiger partial charge on any atom is 0.303 e. The molecule has 5 heteroatoms. The van der Waals surface area contributed by atoms with Crippen LogP contribution in [0, 0.1) is 5.41 Å². The number of carbonyl (C=O) groups excluding carboxylic acids is 1. The Morgan fingerprint density at radius 1 is 1.33 bits per heavy atom. The van der Waals surface area contributed by atoms with Crippen LogP contribution in [-0.4, -0.2) is 30.1 Å². The highest BCUT2D eigenvalue weighted by Crippen LogP contribution is 2.43. The molecular formula is C16H19NO4. The molecule has 5 nitrogen and oxygen atoms in total. The van der Waals surface area contributed by atoms with E-state index in [0.717, 1.165) is 37.0 Å². The van der Waals surface area contributed by atoms with Gasteiger partial charge >= 0.3 is 5.97 Å². The second kappa shape index (κ2) is 5.39. The first-order chi connectivity index (χ1) is 10.1. The third-order valence-electron chi connectivity index (χ3n) is 4.52. The second-order valence-electron chi connectivity index (χ2n) is 6.03. The molecule has 1 heterocycles. The summed E-state index contributed by atoms with van der Waals surface area (Å²) in [6.07, 6.45) is 3.75. The van der Waals surface area contributed by atoms with Gasteiger partial charge in [0.2, 0.25) is 0 Å². The molecule has 2 aliphatic rings. The van der Waals surface area contributed by atoms with Crippen LogP contribution in [0.4, 0.5) is 0 Å². The largest absolute Gasteiger partial charge is 0.493 e. The van der Waals surface area contributed by atoms with E-state index in [1.165, 1.54) is 0 Å². The lowest BCUT2D eigenvalue weighted by atomic mass is 9.66. The summed E-state index contributed by atoms with van der Waals surface area (Å²) < 4.78 is 5.42. The first-order valence-electron chi connectivity index (χ1n) is 7.34. The fourth-order valence-electron chi connectivity index (χ4n) is 3.11. The van der Waals surface area contributed by atoms with Crippen LogP contribution in [0.5, 0.6) is 5.75 Å². The van der Waals surface area contributed by atoms with Gasteiger partial charge < -0.3 is 15.2 Å². The van der Waals surface area contributed by atoms with Gasteiger partial charge in [0.05, 0.1) is 13.0 Å². The van der Waals surface area contributed by atoms with E-state index < -0.39 is 5.97 Å². The smallest absolute Gasteiger partial charge is 0.303 e. The monoisotopic (exact) mass is 289 g/mol. The van der Waals surface area contributed by atoms with Crippen LogP contribution in [0.15, 0.2) is 18.2 Å². The van der Waals surface area contributed by atoms with E-state index in [1.807, 2.05) is 12.1 Å². The number of carbonyl (C=O) groups is 2. The van der Waals surface area contributed by atoms with Gasteiger partial charge in [0, 0.05) is 18.5 Å². The normalized spacial score (nSPS) is 18.3. The van der Waals surface area contributed by atoms with E-state index in [9.17, 15) is 9.59 Å². The van der Waals surface area contributed by atoms with Crippen LogP contribution in [0.3, 0.4) is 0 Å². The predicted octanol–water partition coefficient (Wildman–Crippen LogP) is 2.00. The van der Waals surface area contributed by atoms with Crippen LogP contribution in [0.25, 0.3) is 0 Å². The molecule has 1 saturated carbocycles. The number of hydrogen-bond donors (Lipinski definition) is 2. The Labute approximate surface area is 123 Å². The quantitative estimate of drug-likeness (QED) is 0.869. The number of fused-ring (bicyclic) bond motifs is 1. The minimum atomic E-state index is -0.793. The van der Waals surface area contributed by atoms with Crippen molar-refractivity contribution in [2.24, 2.45) is 5.41 Å². The lowest BCUT2D eigenvalue weighted by molar-refractivity contribution is -0.141. The van der Waals surface area contributed by atoms with Crippen molar-refractivity contribution in [1.29, 1.82) is 0 Å². The molecule has 21 heavy (non-hydrogen) atoms. The van der Waals surface area contributed by atoms with E-state index in [0.29, 0.717) is 18.7 Å². The molecule has 1 amide bonds. The molecule has 1 aromatic rings. The Balaban J connectivity index is 1.62. The molecule has 0 spiro atoms. The first-order valence-corrected chi connectivity index (χ1v) is 7.34. The minimum Gasteiger partial charge on any atom is -0.493 e. The molecule has 0 radical (unpaired) electrons. The van der Waals surface area contributed by atoms with Crippen molar-refractivity contribution >= 4 is 11.9 Å². The van der Waals surface area contributed by atoms with Gasteiger partial charge in [0.1, 0.15) is 5.75 Å². The highest BCUT2D eigenvalue weighted by molar-refractivity contribution is 5.94. The fraction of sp³-hybridized carbons (Fsp3) is 0.500. The van der Waals surface area contributed by atoms with Crippen molar-refractivity contribution in [1.82, 2.24) is 5.32 Å². The first kappa shape index (κ1) is 13.9. The molecule has 1 aromatic carbocycles. The number of hydrogen-bond acceptors (Lipinski definition) is 3. The summed E-state index contributed by atoms with van der Waals surface area (Å²) in [5.41, 5.74) is 1.43. The van der Waals surface area contributed by atoms with Crippen LogP contribution < -0.4 is 10.1 Å². The van der Waals surface area contributed by atoms with Crippen LogP contribution >= 0.6 is 0 Å². The average molecular weight is 289 g/mol. The average Bonchev–Trinajstić information content (AvgIpc) is 2.88. The Morgan fingerprint density at radius 2 is 2.14 bits per heavy atom. The summed E-state index contributed by atoms with van der Waals surface area (Å²) in [5.74, 6) is -0.0760. The molecule has 3 rings (SSSR count). The van der Waals surface area contributed by atoms with Crippen molar-refractivity contribution in [3.8, 4) is 5.75 Å². The van der Waals surface area contributed by atoms with E-state index >= 15 is 0 Å². The molecule has 1 aliphatic carbocycles. The summed E-state index contributed by atoms with van der Waals surface area (Å²) in [7, 11) is 0. The van der Waals surface area contributed by atoms with Crippen molar-refractivity contribution < 1.29 is 19.4 Å². The molecular weight excluding hydrogens is 270 g/mol. The Hall–Kier alpha value is -2.04. The number of carboxylic acid groups (broad SMARTS) is 1. The lowest BCUT2D eigenvalue weighted by Crippen LogP contribution is -2.43. The molecule has 1 aliphatic heterocycles. The fourth-order valence-corrected chi connectivity index (χ4v) is 3.11. The maximum absolute atomic E-state index is 12.2. The van der Waals surface area contributed by atoms with Gasteiger partial charge in [0.25, 0.3) is 5.91 Å². The molecule has 0 atom stereocenters. The third-order valence-corrected chi connectivity index (χ3v) is 4.52. The second-order valence-corrected chi connectivity index (χ2v) is 6.03. The highest BCUT2D eigenvalue weighted by atomic mass is 16.5. The van der Waals surface area contributed by atoms with Crippen molar-refractivity contribution in [2.45, 2.75) is 32.1 Å². The van der Waals surface area contributed by atoms with Crippen LogP contribution in [0.1, 0.15) is 41.6 Å². The molecule has 1 fully saturated rings.